The van der Waals surface area contributed by atoms with Crippen LogP contribution in [0.4, 0.5) is 9.18 Å². The maximum atomic E-state index is 13.8. The molecule has 0 bridgehead atoms. The number of nitrogens with one attached hydrogen (secondary N) is 2. The third-order valence-electron chi connectivity index (χ3n) is 6.96. The minimum absolute atomic E-state index is 0.101. The van der Waals surface area contributed by atoms with Crippen molar-refractivity contribution in [3.8, 4) is 22.5 Å². The van der Waals surface area contributed by atoms with Gasteiger partial charge in [-0.05, 0) is 62.9 Å². The van der Waals surface area contributed by atoms with E-state index in [1.54, 1.807) is 11.0 Å². The molecule has 0 unspecified atom stereocenters. The second kappa shape index (κ2) is 7.41. The highest BCUT2D eigenvalue weighted by Gasteiger charge is 2.51. The summed E-state index contributed by atoms with van der Waals surface area (Å²) < 4.78 is 19.3. The summed E-state index contributed by atoms with van der Waals surface area (Å²) in [6.45, 7) is 6.35. The molecule has 1 aromatic carbocycles. The molecule has 2 aliphatic heterocycles. The number of benzene rings is 1. The molecule has 2 amide bonds. The number of hydrogen-bond donors (Lipinski definition) is 2. The fraction of sp³-hybridized carbons (Fsp3) is 0.370. The quantitative estimate of drug-likeness (QED) is 0.552. The van der Waals surface area contributed by atoms with Crippen molar-refractivity contribution in [1.29, 1.82) is 0 Å². The van der Waals surface area contributed by atoms with Gasteiger partial charge in [-0.1, -0.05) is 12.1 Å². The topological polar surface area (TPSA) is 87.3 Å². The number of nitrogens with zero attached hydrogens (tertiary/aromatic N) is 2. The number of likely N-dealkylation sites (tertiary alicyclic amines) is 1. The van der Waals surface area contributed by atoms with Gasteiger partial charge in [0, 0.05) is 42.5 Å². The lowest BCUT2D eigenvalue weighted by atomic mass is 9.80. The minimum atomic E-state index is -0.562. The van der Waals surface area contributed by atoms with E-state index in [0.29, 0.717) is 30.8 Å². The van der Waals surface area contributed by atoms with Gasteiger partial charge in [-0.25, -0.2) is 9.18 Å². The van der Waals surface area contributed by atoms with Crippen LogP contribution in [0.5, 0.6) is 0 Å². The Labute approximate surface area is 202 Å². The summed E-state index contributed by atoms with van der Waals surface area (Å²) in [7, 11) is 0. The molecule has 1 aliphatic carbocycles. The Bertz CT molecular complexity index is 1380. The fourth-order valence-electron chi connectivity index (χ4n) is 5.48. The second-order valence-corrected chi connectivity index (χ2v) is 10.8. The third kappa shape index (κ3) is 3.68. The maximum absolute atomic E-state index is 13.8. The Morgan fingerprint density at radius 1 is 1.20 bits per heavy atom. The number of aryl methyl sites for hydroxylation is 1. The lowest BCUT2D eigenvalue weighted by Crippen LogP contribution is -2.74. The van der Waals surface area contributed by atoms with Crippen molar-refractivity contribution in [2.75, 3.05) is 13.1 Å². The molecule has 4 heterocycles. The Hall–Kier alpha value is -3.68. The van der Waals surface area contributed by atoms with Crippen molar-refractivity contribution >= 4 is 12.0 Å². The highest BCUT2D eigenvalue weighted by atomic mass is 19.1. The molecule has 1 fully saturated rings. The Kier molecular flexibility index (Phi) is 4.62. The first-order valence-corrected chi connectivity index (χ1v) is 11.9. The molecule has 7 nitrogen and oxygen atoms in total. The number of carbonyl (C=O) groups excluding carboxylic acids is 2. The average Bonchev–Trinajstić information content (AvgIpc) is 3.15. The summed E-state index contributed by atoms with van der Waals surface area (Å²) in [5.41, 5.74) is 6.03. The zero-order valence-electron chi connectivity index (χ0n) is 20.0. The van der Waals surface area contributed by atoms with Gasteiger partial charge in [-0.2, -0.15) is 0 Å². The number of halogens is 1. The molecule has 0 atom stereocenters. The van der Waals surface area contributed by atoms with E-state index in [4.69, 9.17) is 4.74 Å². The average molecular weight is 475 g/mol. The molecule has 3 aliphatic rings. The van der Waals surface area contributed by atoms with Gasteiger partial charge >= 0.3 is 6.09 Å². The third-order valence-corrected chi connectivity index (χ3v) is 6.96. The number of rotatable bonds is 1. The number of aromatic amines is 1. The summed E-state index contributed by atoms with van der Waals surface area (Å²) in [6.07, 6.45) is 3.65. The molecular formula is C27H27FN4O3. The van der Waals surface area contributed by atoms with Crippen molar-refractivity contribution in [2.45, 2.75) is 51.2 Å². The first-order chi connectivity index (χ1) is 16.6. The predicted octanol–water partition coefficient (Wildman–Crippen LogP) is 4.26. The Morgan fingerprint density at radius 3 is 2.74 bits per heavy atom. The summed E-state index contributed by atoms with van der Waals surface area (Å²) >= 11 is 0. The summed E-state index contributed by atoms with van der Waals surface area (Å²) in [6, 6.07) is 8.38. The molecule has 1 spiro atoms. The van der Waals surface area contributed by atoms with E-state index < -0.39 is 11.1 Å². The van der Waals surface area contributed by atoms with Crippen LogP contribution >= 0.6 is 0 Å². The van der Waals surface area contributed by atoms with Crippen LogP contribution < -0.4 is 5.32 Å². The molecule has 2 aromatic heterocycles. The molecule has 2 N–H and O–H groups in total. The Balaban J connectivity index is 1.30. The number of carbonyl (C=O) groups is 2. The summed E-state index contributed by atoms with van der Waals surface area (Å²) in [5, 5.41) is 3.17. The molecule has 0 radical (unpaired) electrons. The number of hydrogen-bond acceptors (Lipinski definition) is 4. The number of fused-ring (bicyclic) bond motifs is 5. The lowest BCUT2D eigenvalue weighted by molar-refractivity contribution is -0.0169. The normalized spacial score (nSPS) is 17.7. The molecule has 35 heavy (non-hydrogen) atoms. The van der Waals surface area contributed by atoms with Crippen molar-refractivity contribution < 1.29 is 18.7 Å². The van der Waals surface area contributed by atoms with Gasteiger partial charge in [-0.3, -0.25) is 9.78 Å². The van der Waals surface area contributed by atoms with Crippen LogP contribution in [0.15, 0.2) is 36.5 Å². The largest absolute Gasteiger partial charge is 0.444 e. The predicted molar refractivity (Wildman–Crippen MR) is 129 cm³/mol. The van der Waals surface area contributed by atoms with Gasteiger partial charge in [0.2, 0.25) is 0 Å². The molecule has 1 saturated heterocycles. The van der Waals surface area contributed by atoms with Gasteiger partial charge in [-0.15, -0.1) is 0 Å². The lowest BCUT2D eigenvalue weighted by Gasteiger charge is -2.51. The van der Waals surface area contributed by atoms with E-state index in [1.165, 1.54) is 12.1 Å². The number of pyridine rings is 1. The van der Waals surface area contributed by atoms with E-state index in [9.17, 15) is 14.0 Å². The summed E-state index contributed by atoms with van der Waals surface area (Å²) in [5.74, 6) is -0.406. The SMILES string of the molecule is CC(C)(C)OC(=O)N1CC2(Cc3[nH]c4c(c3C(=O)N2)CCc2cnc(-c3cccc(F)c3)cc2-4)C1. The van der Waals surface area contributed by atoms with Crippen LogP contribution in [0.3, 0.4) is 0 Å². The van der Waals surface area contributed by atoms with Crippen LogP contribution in [-0.2, 0) is 24.0 Å². The van der Waals surface area contributed by atoms with Crippen LogP contribution in [0.1, 0.15) is 48.0 Å². The zero-order valence-corrected chi connectivity index (χ0v) is 20.0. The smallest absolute Gasteiger partial charge is 0.410 e. The van der Waals surface area contributed by atoms with Gasteiger partial charge in [0.05, 0.1) is 22.5 Å². The van der Waals surface area contributed by atoms with Crippen LogP contribution in [-0.4, -0.2) is 51.1 Å². The van der Waals surface area contributed by atoms with Crippen molar-refractivity contribution in [3.63, 3.8) is 0 Å². The van der Waals surface area contributed by atoms with E-state index >= 15 is 0 Å². The number of aromatic nitrogens is 2. The van der Waals surface area contributed by atoms with E-state index in [0.717, 1.165) is 46.5 Å². The Morgan fingerprint density at radius 2 is 2.00 bits per heavy atom. The monoisotopic (exact) mass is 474 g/mol. The van der Waals surface area contributed by atoms with E-state index in [1.807, 2.05) is 39.1 Å². The minimum Gasteiger partial charge on any atom is -0.444 e. The maximum Gasteiger partial charge on any atom is 0.410 e. The standard InChI is InChI=1S/C27H27FN4O3/c1-26(2,3)35-25(34)32-13-27(14-32)11-21-22(24(33)31-27)18-8-7-16-12-29-20(10-19(16)23(18)30-21)15-5-4-6-17(28)9-15/h4-6,9-10,12,30H,7-8,11,13-14H2,1-3H3,(H,31,33). The van der Waals surface area contributed by atoms with E-state index in [2.05, 4.69) is 15.3 Å². The highest BCUT2D eigenvalue weighted by Crippen LogP contribution is 2.41. The molecule has 3 aromatic rings. The van der Waals surface area contributed by atoms with E-state index in [-0.39, 0.29) is 17.8 Å². The molecular weight excluding hydrogens is 447 g/mol. The van der Waals surface area contributed by atoms with Gasteiger partial charge < -0.3 is 19.9 Å². The molecule has 0 saturated carbocycles. The van der Waals surface area contributed by atoms with Crippen molar-refractivity contribution in [1.82, 2.24) is 20.2 Å². The van der Waals surface area contributed by atoms with Crippen LogP contribution in [0.25, 0.3) is 22.5 Å². The molecule has 6 rings (SSSR count). The summed E-state index contributed by atoms with van der Waals surface area (Å²) in [4.78, 5) is 35.4. The fourth-order valence-corrected chi connectivity index (χ4v) is 5.48. The first kappa shape index (κ1) is 21.8. The first-order valence-electron chi connectivity index (χ1n) is 11.9. The number of H-pyrrole nitrogens is 1. The van der Waals surface area contributed by atoms with Crippen molar-refractivity contribution in [2.24, 2.45) is 0 Å². The van der Waals surface area contributed by atoms with Crippen LogP contribution in [0, 0.1) is 5.82 Å². The van der Waals surface area contributed by atoms with Gasteiger partial charge in [0.15, 0.2) is 0 Å². The van der Waals surface area contributed by atoms with Crippen molar-refractivity contribution in [3.05, 3.63) is 64.7 Å². The van der Waals surface area contributed by atoms with Gasteiger partial charge in [0.25, 0.3) is 5.91 Å². The molecule has 8 heteroatoms. The molecule has 180 valence electrons. The number of ether oxygens (including phenoxy) is 1. The zero-order chi connectivity index (χ0) is 24.5. The highest BCUT2D eigenvalue weighted by molar-refractivity contribution is 6.01. The van der Waals surface area contributed by atoms with Gasteiger partial charge in [0.1, 0.15) is 11.4 Å². The van der Waals surface area contributed by atoms with Crippen LogP contribution in [0.2, 0.25) is 0 Å². The number of amides is 2. The second-order valence-electron chi connectivity index (χ2n) is 10.8.